The minimum Gasteiger partial charge on any atom is -0.456 e. The van der Waals surface area contributed by atoms with Crippen LogP contribution in [0.2, 0.25) is 5.02 Å². The summed E-state index contributed by atoms with van der Waals surface area (Å²) in [6.07, 6.45) is -3.10. The lowest BCUT2D eigenvalue weighted by molar-refractivity contribution is -0.137. The van der Waals surface area contributed by atoms with Crippen molar-refractivity contribution in [1.29, 1.82) is 0 Å². The number of aliphatic hydroxyl groups excluding tert-OH is 1. The maximum absolute atomic E-state index is 12.6. The summed E-state index contributed by atoms with van der Waals surface area (Å²) >= 11 is 5.92. The lowest BCUT2D eigenvalue weighted by Crippen LogP contribution is -2.04. The Hall–Kier alpha value is -1.79. The van der Waals surface area contributed by atoms with Crippen LogP contribution in [0.25, 0.3) is 0 Å². The first-order valence-corrected chi connectivity index (χ1v) is 5.89. The van der Waals surface area contributed by atoms with E-state index in [0.29, 0.717) is 0 Å². The number of pyridine rings is 1. The molecule has 0 aliphatic carbocycles. The highest BCUT2D eigenvalue weighted by Crippen LogP contribution is 2.35. The van der Waals surface area contributed by atoms with Crippen molar-refractivity contribution < 1.29 is 23.0 Å². The van der Waals surface area contributed by atoms with E-state index in [1.165, 1.54) is 24.4 Å². The smallest absolute Gasteiger partial charge is 0.416 e. The van der Waals surface area contributed by atoms with Crippen molar-refractivity contribution in [3.05, 3.63) is 52.8 Å². The molecule has 106 valence electrons. The van der Waals surface area contributed by atoms with E-state index in [2.05, 4.69) is 4.98 Å². The van der Waals surface area contributed by atoms with E-state index in [9.17, 15) is 13.2 Å². The van der Waals surface area contributed by atoms with Gasteiger partial charge in [-0.05, 0) is 18.2 Å². The highest BCUT2D eigenvalue weighted by molar-refractivity contribution is 6.32. The van der Waals surface area contributed by atoms with Crippen molar-refractivity contribution >= 4 is 11.6 Å². The van der Waals surface area contributed by atoms with Gasteiger partial charge in [0.25, 0.3) is 0 Å². The predicted molar refractivity (Wildman–Crippen MR) is 66.7 cm³/mol. The number of nitrogens with zero attached hydrogens (tertiary/aromatic N) is 1. The molecule has 0 amide bonds. The number of hydrogen-bond donors (Lipinski definition) is 1. The van der Waals surface area contributed by atoms with Gasteiger partial charge < -0.3 is 9.84 Å². The van der Waals surface area contributed by atoms with E-state index in [0.717, 1.165) is 12.1 Å². The van der Waals surface area contributed by atoms with Crippen LogP contribution in [0.4, 0.5) is 13.2 Å². The third-order valence-corrected chi connectivity index (χ3v) is 2.87. The summed E-state index contributed by atoms with van der Waals surface area (Å²) in [5.41, 5.74) is -0.626. The van der Waals surface area contributed by atoms with Crippen molar-refractivity contribution in [3.8, 4) is 11.5 Å². The van der Waals surface area contributed by atoms with Crippen molar-refractivity contribution in [1.82, 2.24) is 4.98 Å². The fraction of sp³-hybridized carbons (Fsp3) is 0.154. The lowest BCUT2D eigenvalue weighted by atomic mass is 10.2. The number of halogens is 4. The van der Waals surface area contributed by atoms with Gasteiger partial charge in [-0.3, -0.25) is 4.98 Å². The Morgan fingerprint density at radius 3 is 2.65 bits per heavy atom. The number of aromatic nitrogens is 1. The highest BCUT2D eigenvalue weighted by Gasteiger charge is 2.30. The summed E-state index contributed by atoms with van der Waals surface area (Å²) in [6, 6.07) is 5.84. The van der Waals surface area contributed by atoms with E-state index in [1.807, 2.05) is 0 Å². The van der Waals surface area contributed by atoms with E-state index in [-0.39, 0.29) is 22.2 Å². The second-order valence-electron chi connectivity index (χ2n) is 3.86. The van der Waals surface area contributed by atoms with Crippen molar-refractivity contribution in [2.24, 2.45) is 0 Å². The Balaban J connectivity index is 2.31. The van der Waals surface area contributed by atoms with Gasteiger partial charge in [0.05, 0.1) is 17.9 Å². The van der Waals surface area contributed by atoms with E-state index < -0.39 is 18.3 Å². The molecule has 2 rings (SSSR count). The van der Waals surface area contributed by atoms with E-state index in [4.69, 9.17) is 21.4 Å². The summed E-state index contributed by atoms with van der Waals surface area (Å²) < 4.78 is 43.0. The van der Waals surface area contributed by atoms with E-state index in [1.54, 1.807) is 0 Å². The molecular weight excluding hydrogens is 295 g/mol. The molecule has 0 saturated carbocycles. The molecule has 0 fully saturated rings. The van der Waals surface area contributed by atoms with Gasteiger partial charge in [0, 0.05) is 12.3 Å². The molecule has 1 aromatic heterocycles. The van der Waals surface area contributed by atoms with Crippen molar-refractivity contribution in [2.45, 2.75) is 12.8 Å². The maximum Gasteiger partial charge on any atom is 0.416 e. The van der Waals surface area contributed by atoms with Crippen LogP contribution in [0.5, 0.6) is 11.5 Å². The monoisotopic (exact) mass is 303 g/mol. The van der Waals surface area contributed by atoms with Gasteiger partial charge in [-0.25, -0.2) is 0 Å². The summed E-state index contributed by atoms with van der Waals surface area (Å²) in [4.78, 5) is 3.81. The highest BCUT2D eigenvalue weighted by atomic mass is 35.5. The molecular formula is C13H9ClF3NO2. The molecule has 1 aromatic carbocycles. The zero-order chi connectivity index (χ0) is 14.8. The summed E-state index contributed by atoms with van der Waals surface area (Å²) in [7, 11) is 0. The molecule has 2 aromatic rings. The lowest BCUT2D eigenvalue weighted by Gasteiger charge is -2.11. The Morgan fingerprint density at radius 2 is 2.00 bits per heavy atom. The molecule has 0 bridgehead atoms. The van der Waals surface area contributed by atoms with Crippen LogP contribution in [-0.2, 0) is 12.8 Å². The number of rotatable bonds is 3. The zero-order valence-electron chi connectivity index (χ0n) is 9.99. The molecule has 1 N–H and O–H groups in total. The Labute approximate surface area is 117 Å². The second kappa shape index (κ2) is 5.68. The Kier molecular flexibility index (Phi) is 4.15. The SMILES string of the molecule is OCc1nccc(Oc2cccc(C(F)(F)F)c2)c1Cl. The minimum absolute atomic E-state index is 0.00295. The quantitative estimate of drug-likeness (QED) is 0.930. The second-order valence-corrected chi connectivity index (χ2v) is 4.23. The third kappa shape index (κ3) is 3.20. The summed E-state index contributed by atoms with van der Waals surface area (Å²) in [6.45, 7) is -0.390. The van der Waals surface area contributed by atoms with Gasteiger partial charge in [-0.1, -0.05) is 17.7 Å². The molecule has 0 unspecified atom stereocenters. The number of aliphatic hydroxyl groups is 1. The van der Waals surface area contributed by atoms with Crippen LogP contribution >= 0.6 is 11.6 Å². The van der Waals surface area contributed by atoms with Gasteiger partial charge in [0.15, 0.2) is 0 Å². The van der Waals surface area contributed by atoms with Crippen LogP contribution < -0.4 is 4.74 Å². The standard InChI is InChI=1S/C13H9ClF3NO2/c14-12-10(7-19)18-5-4-11(12)20-9-3-1-2-8(6-9)13(15,16)17/h1-6,19H,7H2. The molecule has 0 aliphatic heterocycles. The van der Waals surface area contributed by atoms with Crippen molar-refractivity contribution in [2.75, 3.05) is 0 Å². The van der Waals surface area contributed by atoms with Gasteiger partial charge in [0.1, 0.15) is 16.5 Å². The van der Waals surface area contributed by atoms with Crippen LogP contribution in [0.3, 0.4) is 0 Å². The predicted octanol–water partition coefficient (Wildman–Crippen LogP) is 4.04. The molecule has 20 heavy (non-hydrogen) atoms. The number of alkyl halides is 3. The summed E-state index contributed by atoms with van der Waals surface area (Å²) in [5, 5.41) is 9.07. The molecule has 0 radical (unpaired) electrons. The first-order valence-electron chi connectivity index (χ1n) is 5.51. The normalized spacial score (nSPS) is 11.4. The first-order chi connectivity index (χ1) is 9.41. The molecule has 0 spiro atoms. The van der Waals surface area contributed by atoms with Gasteiger partial charge >= 0.3 is 6.18 Å². The molecule has 7 heteroatoms. The van der Waals surface area contributed by atoms with Crippen LogP contribution in [0.15, 0.2) is 36.5 Å². The van der Waals surface area contributed by atoms with Crippen molar-refractivity contribution in [3.63, 3.8) is 0 Å². The number of hydrogen-bond acceptors (Lipinski definition) is 3. The average molecular weight is 304 g/mol. The van der Waals surface area contributed by atoms with Gasteiger partial charge in [-0.15, -0.1) is 0 Å². The van der Waals surface area contributed by atoms with Crippen LogP contribution in [0.1, 0.15) is 11.3 Å². The largest absolute Gasteiger partial charge is 0.456 e. The topological polar surface area (TPSA) is 42.4 Å². The fourth-order valence-electron chi connectivity index (χ4n) is 1.52. The van der Waals surface area contributed by atoms with E-state index >= 15 is 0 Å². The van der Waals surface area contributed by atoms with Gasteiger partial charge in [0.2, 0.25) is 0 Å². The molecule has 0 atom stereocenters. The van der Waals surface area contributed by atoms with Crippen LogP contribution in [-0.4, -0.2) is 10.1 Å². The Bertz CT molecular complexity index is 617. The fourth-order valence-corrected chi connectivity index (χ4v) is 1.73. The third-order valence-electron chi connectivity index (χ3n) is 2.46. The summed E-state index contributed by atoms with van der Waals surface area (Å²) in [5.74, 6) is 0.127. The van der Waals surface area contributed by atoms with Gasteiger partial charge in [-0.2, -0.15) is 13.2 Å². The molecule has 0 aliphatic rings. The average Bonchev–Trinajstić information content (AvgIpc) is 2.40. The maximum atomic E-state index is 12.6. The molecule has 0 saturated heterocycles. The number of benzene rings is 1. The first kappa shape index (κ1) is 14.6. The zero-order valence-corrected chi connectivity index (χ0v) is 10.7. The van der Waals surface area contributed by atoms with Crippen LogP contribution in [0, 0.1) is 0 Å². The minimum atomic E-state index is -4.45. The molecule has 1 heterocycles. The Morgan fingerprint density at radius 1 is 1.25 bits per heavy atom. The number of ether oxygens (including phenoxy) is 1. The molecule has 3 nitrogen and oxygen atoms in total.